The molecule has 1 amide bonds. The molecule has 0 aliphatic rings. The second-order valence-corrected chi connectivity index (χ2v) is 5.78. The Hall–Kier alpha value is -2.05. The summed E-state index contributed by atoms with van der Waals surface area (Å²) in [6, 6.07) is 12.3. The van der Waals surface area contributed by atoms with E-state index in [1.165, 1.54) is 6.21 Å². The van der Waals surface area contributed by atoms with Crippen molar-refractivity contribution in [3.63, 3.8) is 0 Å². The van der Waals surface area contributed by atoms with Gasteiger partial charge in [0.05, 0.1) is 13.3 Å². The van der Waals surface area contributed by atoms with Gasteiger partial charge in [-0.25, -0.2) is 5.43 Å². The van der Waals surface area contributed by atoms with Gasteiger partial charge in [0.2, 0.25) is 0 Å². The molecule has 7 heteroatoms. The highest BCUT2D eigenvalue weighted by Gasteiger charge is 2.03. The van der Waals surface area contributed by atoms with E-state index in [4.69, 9.17) is 21.1 Å². The fraction of sp³-hybridized carbons (Fsp3) is 0.125. The van der Waals surface area contributed by atoms with Gasteiger partial charge in [-0.05, 0) is 36.4 Å². The minimum absolute atomic E-state index is 0.159. The lowest BCUT2D eigenvalue weighted by Crippen LogP contribution is -2.24. The first-order chi connectivity index (χ1) is 11.1. The average molecular weight is 398 g/mol. The van der Waals surface area contributed by atoms with Crippen molar-refractivity contribution < 1.29 is 14.3 Å². The monoisotopic (exact) mass is 396 g/mol. The van der Waals surface area contributed by atoms with Crippen LogP contribution in [-0.2, 0) is 4.79 Å². The average Bonchev–Trinajstić information content (AvgIpc) is 2.53. The number of hydrogen-bond acceptors (Lipinski definition) is 4. The van der Waals surface area contributed by atoms with Crippen LogP contribution in [0.2, 0.25) is 5.02 Å². The maximum Gasteiger partial charge on any atom is 0.277 e. The summed E-state index contributed by atoms with van der Waals surface area (Å²) < 4.78 is 11.4. The van der Waals surface area contributed by atoms with Gasteiger partial charge < -0.3 is 9.47 Å². The summed E-state index contributed by atoms with van der Waals surface area (Å²) in [6.07, 6.45) is 1.50. The Labute approximate surface area is 147 Å². The predicted molar refractivity (Wildman–Crippen MR) is 93.4 cm³/mol. The molecule has 120 valence electrons. The van der Waals surface area contributed by atoms with Crippen LogP contribution in [0.5, 0.6) is 11.5 Å². The van der Waals surface area contributed by atoms with Crippen LogP contribution in [-0.4, -0.2) is 25.8 Å². The van der Waals surface area contributed by atoms with Gasteiger partial charge >= 0.3 is 0 Å². The molecule has 23 heavy (non-hydrogen) atoms. The third-order valence-electron chi connectivity index (χ3n) is 2.75. The van der Waals surface area contributed by atoms with Crippen LogP contribution in [0.3, 0.4) is 0 Å². The van der Waals surface area contributed by atoms with Crippen LogP contribution in [0.1, 0.15) is 5.56 Å². The van der Waals surface area contributed by atoms with Crippen molar-refractivity contribution in [3.05, 3.63) is 57.5 Å². The first-order valence-electron chi connectivity index (χ1n) is 6.62. The molecule has 0 bridgehead atoms. The summed E-state index contributed by atoms with van der Waals surface area (Å²) in [4.78, 5) is 11.7. The largest absolute Gasteiger partial charge is 0.496 e. The van der Waals surface area contributed by atoms with Crippen LogP contribution < -0.4 is 14.9 Å². The Morgan fingerprint density at radius 2 is 2.17 bits per heavy atom. The highest BCUT2D eigenvalue weighted by atomic mass is 79.9. The fourth-order valence-corrected chi connectivity index (χ4v) is 2.28. The number of hydrazone groups is 1. The van der Waals surface area contributed by atoms with E-state index in [1.807, 2.05) is 12.1 Å². The number of hydrogen-bond donors (Lipinski definition) is 1. The molecule has 0 saturated heterocycles. The molecule has 2 rings (SSSR count). The number of nitrogens with zero attached hydrogens (tertiary/aromatic N) is 1. The Kier molecular flexibility index (Phi) is 6.43. The minimum Gasteiger partial charge on any atom is -0.496 e. The van der Waals surface area contributed by atoms with E-state index in [0.29, 0.717) is 16.5 Å². The molecule has 0 heterocycles. The first-order valence-corrected chi connectivity index (χ1v) is 7.79. The van der Waals surface area contributed by atoms with Crippen molar-refractivity contribution in [2.45, 2.75) is 0 Å². The number of methoxy groups -OCH3 is 1. The van der Waals surface area contributed by atoms with E-state index in [1.54, 1.807) is 37.4 Å². The van der Waals surface area contributed by atoms with E-state index in [9.17, 15) is 4.79 Å². The molecule has 5 nitrogen and oxygen atoms in total. The van der Waals surface area contributed by atoms with Crippen LogP contribution in [0.4, 0.5) is 0 Å². The molecule has 0 aromatic heterocycles. The van der Waals surface area contributed by atoms with E-state index >= 15 is 0 Å². The maximum absolute atomic E-state index is 11.7. The quantitative estimate of drug-likeness (QED) is 0.598. The van der Waals surface area contributed by atoms with Gasteiger partial charge in [-0.2, -0.15) is 5.10 Å². The molecule has 0 unspecified atom stereocenters. The topological polar surface area (TPSA) is 59.9 Å². The van der Waals surface area contributed by atoms with Crippen LogP contribution in [0.15, 0.2) is 52.0 Å². The van der Waals surface area contributed by atoms with E-state index in [0.717, 1.165) is 10.0 Å². The highest BCUT2D eigenvalue weighted by molar-refractivity contribution is 9.10. The number of amides is 1. The molecule has 2 aromatic rings. The third kappa shape index (κ3) is 5.58. The number of nitrogens with one attached hydrogen (secondary N) is 1. The molecule has 1 N–H and O–H groups in total. The summed E-state index contributed by atoms with van der Waals surface area (Å²) in [6.45, 7) is -0.159. The summed E-state index contributed by atoms with van der Waals surface area (Å²) in [7, 11) is 1.57. The molecule has 0 radical (unpaired) electrons. The predicted octanol–water partition coefficient (Wildman–Crippen LogP) is 3.64. The number of ether oxygens (including phenoxy) is 2. The molecular weight excluding hydrogens is 384 g/mol. The van der Waals surface area contributed by atoms with Gasteiger partial charge in [-0.1, -0.05) is 33.6 Å². The van der Waals surface area contributed by atoms with E-state index in [-0.39, 0.29) is 12.5 Å². The maximum atomic E-state index is 11.7. The van der Waals surface area contributed by atoms with Crippen molar-refractivity contribution in [2.24, 2.45) is 5.10 Å². The van der Waals surface area contributed by atoms with Gasteiger partial charge in [0.1, 0.15) is 11.5 Å². The lowest BCUT2D eigenvalue weighted by Gasteiger charge is -2.06. The normalized spacial score (nSPS) is 10.6. The van der Waals surface area contributed by atoms with E-state index in [2.05, 4.69) is 26.5 Å². The lowest BCUT2D eigenvalue weighted by molar-refractivity contribution is -0.123. The Balaban J connectivity index is 1.88. The number of halogens is 2. The Morgan fingerprint density at radius 1 is 1.35 bits per heavy atom. The molecule has 0 atom stereocenters. The first kappa shape index (κ1) is 17.3. The smallest absolute Gasteiger partial charge is 0.277 e. The summed E-state index contributed by atoms with van der Waals surface area (Å²) in [5.74, 6) is 0.793. The molecule has 0 fully saturated rings. The van der Waals surface area contributed by atoms with E-state index < -0.39 is 0 Å². The standard InChI is InChI=1S/C16H14BrClN2O3/c1-22-15-6-5-12(17)7-11(15)9-19-20-16(21)10-23-14-4-2-3-13(18)8-14/h2-9H,10H2,1H3,(H,20,21)/b19-9-. The lowest BCUT2D eigenvalue weighted by atomic mass is 10.2. The zero-order chi connectivity index (χ0) is 16.7. The molecule has 2 aromatic carbocycles. The molecular formula is C16H14BrClN2O3. The van der Waals surface area contributed by atoms with Gasteiger partial charge in [0.25, 0.3) is 5.91 Å². The minimum atomic E-state index is -0.379. The third-order valence-corrected chi connectivity index (χ3v) is 3.48. The number of benzene rings is 2. The highest BCUT2D eigenvalue weighted by Crippen LogP contribution is 2.21. The van der Waals surface area contributed by atoms with Crippen molar-refractivity contribution >= 4 is 39.7 Å². The van der Waals surface area contributed by atoms with Crippen molar-refractivity contribution in [1.82, 2.24) is 5.43 Å². The molecule has 0 spiro atoms. The SMILES string of the molecule is COc1ccc(Br)cc1/C=N\NC(=O)COc1cccc(Cl)c1. The molecule has 0 aliphatic heterocycles. The number of carbonyl (C=O) groups excluding carboxylic acids is 1. The van der Waals surface area contributed by atoms with Gasteiger partial charge in [-0.15, -0.1) is 0 Å². The van der Waals surface area contributed by atoms with Crippen LogP contribution in [0.25, 0.3) is 0 Å². The molecule has 0 saturated carbocycles. The summed E-state index contributed by atoms with van der Waals surface area (Å²) in [5, 5.41) is 4.43. The van der Waals surface area contributed by atoms with Gasteiger partial charge in [0, 0.05) is 15.1 Å². The summed E-state index contributed by atoms with van der Waals surface area (Å²) in [5.41, 5.74) is 3.12. The van der Waals surface area contributed by atoms with Gasteiger partial charge in [0.15, 0.2) is 6.61 Å². The Morgan fingerprint density at radius 3 is 2.91 bits per heavy atom. The number of rotatable bonds is 6. The zero-order valence-electron chi connectivity index (χ0n) is 12.3. The van der Waals surface area contributed by atoms with Crippen molar-refractivity contribution in [2.75, 3.05) is 13.7 Å². The Bertz CT molecular complexity index is 722. The van der Waals surface area contributed by atoms with Gasteiger partial charge in [-0.3, -0.25) is 4.79 Å². The van der Waals surface area contributed by atoms with Crippen molar-refractivity contribution in [3.8, 4) is 11.5 Å². The summed E-state index contributed by atoms with van der Waals surface area (Å²) >= 11 is 9.20. The second kappa shape index (κ2) is 8.55. The fourth-order valence-electron chi connectivity index (χ4n) is 1.72. The zero-order valence-corrected chi connectivity index (χ0v) is 14.6. The molecule has 0 aliphatic carbocycles. The van der Waals surface area contributed by atoms with Crippen molar-refractivity contribution in [1.29, 1.82) is 0 Å². The second-order valence-electron chi connectivity index (χ2n) is 4.43. The van der Waals surface area contributed by atoms with Crippen LogP contribution in [0, 0.1) is 0 Å². The van der Waals surface area contributed by atoms with Crippen LogP contribution >= 0.6 is 27.5 Å². The number of carbonyl (C=O) groups is 1.